The summed E-state index contributed by atoms with van der Waals surface area (Å²) in [4.78, 5) is 0. The van der Waals surface area contributed by atoms with Crippen molar-refractivity contribution in [3.05, 3.63) is 181 Å². The highest BCUT2D eigenvalue weighted by Crippen LogP contribution is 2.53. The lowest BCUT2D eigenvalue weighted by Crippen LogP contribution is -2.15. The zero-order valence-corrected chi connectivity index (χ0v) is 27.7. The molecular formula is C49H34. The molecule has 0 bridgehead atoms. The number of hydrogen-bond acceptors (Lipinski definition) is 0. The van der Waals surface area contributed by atoms with Crippen LogP contribution in [-0.2, 0) is 5.41 Å². The average molecular weight is 623 g/mol. The quantitative estimate of drug-likeness (QED) is 0.172. The molecule has 0 aliphatic heterocycles. The van der Waals surface area contributed by atoms with Crippen LogP contribution in [0.25, 0.3) is 87.6 Å². The SMILES string of the molecule is CC1(C)c2ccc(-c3c4ccccc4c(-c4ccccc4-c4cccc5ccccc45)c4ccccc34)cc2-c2ccc3ccccc3c21. The minimum absolute atomic E-state index is 0.0800. The molecule has 0 fully saturated rings. The molecule has 0 saturated heterocycles. The lowest BCUT2D eigenvalue weighted by atomic mass is 9.79. The normalized spacial score (nSPS) is 13.3. The van der Waals surface area contributed by atoms with Gasteiger partial charge in [-0.15, -0.1) is 0 Å². The Morgan fingerprint density at radius 3 is 1.53 bits per heavy atom. The van der Waals surface area contributed by atoms with Gasteiger partial charge in [0.1, 0.15) is 0 Å². The first-order valence-corrected chi connectivity index (χ1v) is 17.3. The fourth-order valence-electron chi connectivity index (χ4n) is 8.90. The van der Waals surface area contributed by atoms with Gasteiger partial charge < -0.3 is 0 Å². The van der Waals surface area contributed by atoms with E-state index in [1.165, 1.54) is 98.7 Å². The molecule has 0 saturated carbocycles. The summed E-state index contributed by atoms with van der Waals surface area (Å²) >= 11 is 0. The van der Waals surface area contributed by atoms with Crippen molar-refractivity contribution in [2.24, 2.45) is 0 Å². The zero-order valence-electron chi connectivity index (χ0n) is 27.7. The largest absolute Gasteiger partial charge is 0.0616 e. The molecule has 0 N–H and O–H groups in total. The van der Waals surface area contributed by atoms with E-state index in [1.54, 1.807) is 0 Å². The summed E-state index contributed by atoms with van der Waals surface area (Å²) in [6, 6.07) is 63.1. The Labute approximate surface area is 286 Å². The van der Waals surface area contributed by atoms with Crippen LogP contribution >= 0.6 is 0 Å². The number of rotatable bonds is 3. The van der Waals surface area contributed by atoms with Gasteiger partial charge in [0.15, 0.2) is 0 Å². The predicted molar refractivity (Wildman–Crippen MR) is 210 cm³/mol. The van der Waals surface area contributed by atoms with Crippen molar-refractivity contribution in [2.45, 2.75) is 19.3 Å². The van der Waals surface area contributed by atoms with Crippen LogP contribution in [-0.4, -0.2) is 0 Å². The number of benzene rings is 9. The second-order valence-corrected chi connectivity index (χ2v) is 14.0. The highest BCUT2D eigenvalue weighted by atomic mass is 14.4. The van der Waals surface area contributed by atoms with Gasteiger partial charge in [0.25, 0.3) is 0 Å². The Morgan fingerprint density at radius 2 is 0.837 bits per heavy atom. The van der Waals surface area contributed by atoms with Gasteiger partial charge in [0, 0.05) is 5.41 Å². The molecule has 10 rings (SSSR count). The monoisotopic (exact) mass is 622 g/mol. The second kappa shape index (κ2) is 10.5. The minimum Gasteiger partial charge on any atom is -0.0616 e. The molecule has 0 unspecified atom stereocenters. The van der Waals surface area contributed by atoms with Crippen LogP contribution in [0.2, 0.25) is 0 Å². The molecule has 0 amide bonds. The van der Waals surface area contributed by atoms with Crippen LogP contribution in [0.4, 0.5) is 0 Å². The van der Waals surface area contributed by atoms with Crippen LogP contribution < -0.4 is 0 Å². The van der Waals surface area contributed by atoms with E-state index in [0.29, 0.717) is 0 Å². The molecule has 49 heavy (non-hydrogen) atoms. The molecule has 1 aliphatic carbocycles. The maximum absolute atomic E-state index is 2.47. The molecule has 0 spiro atoms. The molecule has 0 nitrogen and oxygen atoms in total. The van der Waals surface area contributed by atoms with Crippen molar-refractivity contribution in [3.8, 4) is 44.5 Å². The van der Waals surface area contributed by atoms with Crippen LogP contribution in [0, 0.1) is 0 Å². The van der Waals surface area contributed by atoms with Crippen molar-refractivity contribution < 1.29 is 0 Å². The summed E-state index contributed by atoms with van der Waals surface area (Å²) in [7, 11) is 0. The molecule has 9 aromatic carbocycles. The van der Waals surface area contributed by atoms with Gasteiger partial charge >= 0.3 is 0 Å². The van der Waals surface area contributed by atoms with Gasteiger partial charge in [0.05, 0.1) is 0 Å². The topological polar surface area (TPSA) is 0 Å². The third-order valence-corrected chi connectivity index (χ3v) is 11.0. The minimum atomic E-state index is -0.0800. The molecule has 0 aromatic heterocycles. The standard InChI is InChI=1S/C49H34/c1-49(2)45-29-27-33(30-44(45)43-28-26-32-15-4-6-18-35(32)48(43)49)46-39-21-9-11-23-41(39)47(42-24-12-10-22-40(42)46)38-20-8-7-19-37(38)36-25-13-16-31-14-3-5-17-34(31)36/h3-30H,1-2H3. The first-order valence-electron chi connectivity index (χ1n) is 17.3. The van der Waals surface area contributed by atoms with E-state index >= 15 is 0 Å². The zero-order chi connectivity index (χ0) is 32.7. The summed E-state index contributed by atoms with van der Waals surface area (Å²) in [5, 5.41) is 10.3. The van der Waals surface area contributed by atoms with E-state index in [2.05, 4.69) is 184 Å². The van der Waals surface area contributed by atoms with Gasteiger partial charge in [0.2, 0.25) is 0 Å². The first kappa shape index (κ1) is 28.1. The number of hydrogen-bond donors (Lipinski definition) is 0. The maximum Gasteiger partial charge on any atom is 0.0165 e. The lowest BCUT2D eigenvalue weighted by molar-refractivity contribution is 0.666. The van der Waals surface area contributed by atoms with E-state index in [1.807, 2.05) is 0 Å². The summed E-state index contributed by atoms with van der Waals surface area (Å²) in [5.74, 6) is 0. The lowest BCUT2D eigenvalue weighted by Gasteiger charge is -2.23. The van der Waals surface area contributed by atoms with E-state index in [4.69, 9.17) is 0 Å². The van der Waals surface area contributed by atoms with Crippen LogP contribution in [0.15, 0.2) is 170 Å². The molecule has 0 heteroatoms. The number of fused-ring (bicyclic) bond motifs is 8. The maximum atomic E-state index is 2.47. The van der Waals surface area contributed by atoms with Gasteiger partial charge in [-0.1, -0.05) is 178 Å². The Kier molecular flexibility index (Phi) is 6.02. The van der Waals surface area contributed by atoms with Crippen LogP contribution in [0.3, 0.4) is 0 Å². The average Bonchev–Trinajstić information content (AvgIpc) is 3.39. The smallest absolute Gasteiger partial charge is 0.0165 e. The summed E-state index contributed by atoms with van der Waals surface area (Å²) in [6.07, 6.45) is 0. The Balaban J connectivity index is 1.26. The van der Waals surface area contributed by atoms with E-state index in [9.17, 15) is 0 Å². The molecule has 9 aromatic rings. The third kappa shape index (κ3) is 4.04. The summed E-state index contributed by atoms with van der Waals surface area (Å²) < 4.78 is 0. The molecular weight excluding hydrogens is 589 g/mol. The van der Waals surface area contributed by atoms with Gasteiger partial charge in [-0.05, 0) is 105 Å². The fraction of sp³-hybridized carbons (Fsp3) is 0.0612. The highest BCUT2D eigenvalue weighted by molar-refractivity contribution is 6.23. The van der Waals surface area contributed by atoms with Crippen molar-refractivity contribution in [2.75, 3.05) is 0 Å². The van der Waals surface area contributed by atoms with Crippen molar-refractivity contribution in [1.82, 2.24) is 0 Å². The van der Waals surface area contributed by atoms with Gasteiger partial charge in [-0.2, -0.15) is 0 Å². The van der Waals surface area contributed by atoms with Crippen molar-refractivity contribution in [1.29, 1.82) is 0 Å². The summed E-state index contributed by atoms with van der Waals surface area (Å²) in [5.41, 5.74) is 13.1. The Morgan fingerprint density at radius 1 is 0.327 bits per heavy atom. The summed E-state index contributed by atoms with van der Waals surface area (Å²) in [6.45, 7) is 4.77. The predicted octanol–water partition coefficient (Wildman–Crippen LogP) is 13.6. The van der Waals surface area contributed by atoms with Gasteiger partial charge in [-0.25, -0.2) is 0 Å². The third-order valence-electron chi connectivity index (χ3n) is 11.0. The van der Waals surface area contributed by atoms with E-state index in [-0.39, 0.29) is 5.41 Å². The van der Waals surface area contributed by atoms with E-state index < -0.39 is 0 Å². The fourth-order valence-corrected chi connectivity index (χ4v) is 8.90. The molecule has 0 radical (unpaired) electrons. The van der Waals surface area contributed by atoms with Crippen molar-refractivity contribution >= 4 is 43.1 Å². The van der Waals surface area contributed by atoms with Crippen LogP contribution in [0.1, 0.15) is 25.0 Å². The molecule has 230 valence electrons. The molecule has 1 aliphatic rings. The van der Waals surface area contributed by atoms with Crippen molar-refractivity contribution in [3.63, 3.8) is 0 Å². The molecule has 0 atom stereocenters. The van der Waals surface area contributed by atoms with E-state index in [0.717, 1.165) is 0 Å². The molecule has 0 heterocycles. The first-order chi connectivity index (χ1) is 24.1. The highest BCUT2D eigenvalue weighted by Gasteiger charge is 2.37. The second-order valence-electron chi connectivity index (χ2n) is 14.0. The Bertz CT molecular complexity index is 2730. The van der Waals surface area contributed by atoms with Gasteiger partial charge in [-0.3, -0.25) is 0 Å². The van der Waals surface area contributed by atoms with Crippen LogP contribution in [0.5, 0.6) is 0 Å². The Hall–Kier alpha value is -5.98.